The average molecular weight is 212 g/mol. The van der Waals surface area contributed by atoms with Crippen LogP contribution >= 0.6 is 11.8 Å². The largest absolute Gasteiger partial charge is 0.481 e. The van der Waals surface area contributed by atoms with E-state index in [-0.39, 0.29) is 11.1 Å². The lowest BCUT2D eigenvalue weighted by molar-refractivity contribution is -0.141. The SMILES string of the molecule is O=C(O)C1CSC1c1ccccc1F. The van der Waals surface area contributed by atoms with E-state index in [1.165, 1.54) is 17.8 Å². The highest BCUT2D eigenvalue weighted by Crippen LogP contribution is 2.48. The maximum Gasteiger partial charge on any atom is 0.308 e. The summed E-state index contributed by atoms with van der Waals surface area (Å²) in [4.78, 5) is 10.7. The topological polar surface area (TPSA) is 37.3 Å². The van der Waals surface area contributed by atoms with Crippen LogP contribution in [0, 0.1) is 11.7 Å². The molecular formula is C10H9FO2S. The van der Waals surface area contributed by atoms with Gasteiger partial charge in [-0.2, -0.15) is 11.8 Å². The number of thioether (sulfide) groups is 1. The number of aliphatic carboxylic acids is 1. The van der Waals surface area contributed by atoms with E-state index in [9.17, 15) is 9.18 Å². The molecule has 1 aromatic carbocycles. The van der Waals surface area contributed by atoms with E-state index in [2.05, 4.69) is 0 Å². The second-order valence-corrected chi connectivity index (χ2v) is 4.39. The Bertz CT molecular complexity index is 367. The van der Waals surface area contributed by atoms with Crippen LogP contribution in [0.15, 0.2) is 24.3 Å². The lowest BCUT2D eigenvalue weighted by Crippen LogP contribution is -2.31. The number of carboxylic acids is 1. The minimum Gasteiger partial charge on any atom is -0.481 e. The maximum atomic E-state index is 13.3. The number of hydrogen-bond acceptors (Lipinski definition) is 2. The van der Waals surface area contributed by atoms with Crippen molar-refractivity contribution in [1.82, 2.24) is 0 Å². The Hall–Kier alpha value is -1.03. The fourth-order valence-electron chi connectivity index (χ4n) is 1.50. The molecule has 4 heteroatoms. The maximum absolute atomic E-state index is 13.3. The van der Waals surface area contributed by atoms with Crippen LogP contribution in [0.3, 0.4) is 0 Å². The highest BCUT2D eigenvalue weighted by Gasteiger charge is 2.39. The molecule has 1 heterocycles. The molecule has 74 valence electrons. The van der Waals surface area contributed by atoms with Gasteiger partial charge in [-0.1, -0.05) is 18.2 Å². The normalized spacial score (nSPS) is 25.5. The molecule has 2 atom stereocenters. The van der Waals surface area contributed by atoms with Gasteiger partial charge in [-0.05, 0) is 6.07 Å². The van der Waals surface area contributed by atoms with E-state index in [1.807, 2.05) is 0 Å². The van der Waals surface area contributed by atoms with E-state index in [0.29, 0.717) is 11.3 Å². The predicted molar refractivity (Wildman–Crippen MR) is 52.7 cm³/mol. The number of carboxylic acid groups (broad SMARTS) is 1. The molecule has 1 aliphatic heterocycles. The van der Waals surface area contributed by atoms with Crippen molar-refractivity contribution in [2.45, 2.75) is 5.25 Å². The third-order valence-electron chi connectivity index (χ3n) is 2.35. The molecule has 0 radical (unpaired) electrons. The van der Waals surface area contributed by atoms with Gasteiger partial charge in [0, 0.05) is 16.6 Å². The van der Waals surface area contributed by atoms with Gasteiger partial charge in [-0.15, -0.1) is 0 Å². The molecule has 1 N–H and O–H groups in total. The van der Waals surface area contributed by atoms with Crippen molar-refractivity contribution >= 4 is 17.7 Å². The summed E-state index contributed by atoms with van der Waals surface area (Å²) in [6.45, 7) is 0. The molecule has 0 saturated carbocycles. The summed E-state index contributed by atoms with van der Waals surface area (Å²) in [5.41, 5.74) is 0.510. The smallest absolute Gasteiger partial charge is 0.308 e. The van der Waals surface area contributed by atoms with Gasteiger partial charge in [0.1, 0.15) is 5.82 Å². The van der Waals surface area contributed by atoms with Gasteiger partial charge in [0.15, 0.2) is 0 Å². The summed E-state index contributed by atoms with van der Waals surface area (Å²) in [7, 11) is 0. The van der Waals surface area contributed by atoms with E-state index < -0.39 is 11.9 Å². The zero-order valence-corrected chi connectivity index (χ0v) is 8.13. The Labute approximate surface area is 85.1 Å². The number of rotatable bonds is 2. The second-order valence-electron chi connectivity index (χ2n) is 3.22. The summed E-state index contributed by atoms with van der Waals surface area (Å²) in [5.74, 6) is -1.00. The molecule has 0 aromatic heterocycles. The van der Waals surface area contributed by atoms with Gasteiger partial charge in [0.2, 0.25) is 0 Å². The first-order valence-electron chi connectivity index (χ1n) is 4.29. The minimum absolute atomic E-state index is 0.214. The highest BCUT2D eigenvalue weighted by atomic mass is 32.2. The van der Waals surface area contributed by atoms with Crippen molar-refractivity contribution in [2.24, 2.45) is 5.92 Å². The van der Waals surface area contributed by atoms with Gasteiger partial charge in [-0.3, -0.25) is 4.79 Å². The fourth-order valence-corrected chi connectivity index (χ4v) is 2.71. The lowest BCUT2D eigenvalue weighted by Gasteiger charge is -2.33. The van der Waals surface area contributed by atoms with Crippen LogP contribution < -0.4 is 0 Å². The highest BCUT2D eigenvalue weighted by molar-refractivity contribution is 8.01. The van der Waals surface area contributed by atoms with Crippen LogP contribution in [0.5, 0.6) is 0 Å². The molecular weight excluding hydrogens is 203 g/mol. The molecule has 0 aliphatic carbocycles. The van der Waals surface area contributed by atoms with E-state index >= 15 is 0 Å². The van der Waals surface area contributed by atoms with E-state index in [1.54, 1.807) is 18.2 Å². The molecule has 1 saturated heterocycles. The van der Waals surface area contributed by atoms with Crippen LogP contribution in [0.25, 0.3) is 0 Å². The number of carbonyl (C=O) groups is 1. The minimum atomic E-state index is -0.836. The quantitative estimate of drug-likeness (QED) is 0.817. The molecule has 2 rings (SSSR count). The van der Waals surface area contributed by atoms with Crippen molar-refractivity contribution in [3.63, 3.8) is 0 Å². The van der Waals surface area contributed by atoms with Crippen LogP contribution in [0.1, 0.15) is 10.8 Å². The molecule has 14 heavy (non-hydrogen) atoms. The van der Waals surface area contributed by atoms with Gasteiger partial charge >= 0.3 is 5.97 Å². The first-order chi connectivity index (χ1) is 6.70. The molecule has 0 amide bonds. The molecule has 1 aliphatic rings. The van der Waals surface area contributed by atoms with Crippen molar-refractivity contribution in [1.29, 1.82) is 0 Å². The zero-order valence-electron chi connectivity index (χ0n) is 7.31. The van der Waals surface area contributed by atoms with Crippen LogP contribution in [-0.2, 0) is 4.79 Å². The lowest BCUT2D eigenvalue weighted by atomic mass is 9.99. The van der Waals surface area contributed by atoms with Crippen molar-refractivity contribution in [2.75, 3.05) is 5.75 Å². The predicted octanol–water partition coefficient (Wildman–Crippen LogP) is 2.31. The fraction of sp³-hybridized carbons (Fsp3) is 0.300. The molecule has 0 spiro atoms. The molecule has 2 unspecified atom stereocenters. The Balaban J connectivity index is 2.24. The van der Waals surface area contributed by atoms with E-state index in [4.69, 9.17) is 5.11 Å². The van der Waals surface area contributed by atoms with Crippen molar-refractivity contribution < 1.29 is 14.3 Å². The molecule has 0 bridgehead atoms. The summed E-state index contributed by atoms with van der Waals surface area (Å²) in [6.07, 6.45) is 0. The van der Waals surface area contributed by atoms with Gasteiger partial charge < -0.3 is 5.11 Å². The zero-order chi connectivity index (χ0) is 10.1. The summed E-state index contributed by atoms with van der Waals surface area (Å²) >= 11 is 1.49. The van der Waals surface area contributed by atoms with Crippen molar-refractivity contribution in [3.8, 4) is 0 Å². The van der Waals surface area contributed by atoms with Crippen molar-refractivity contribution in [3.05, 3.63) is 35.6 Å². The Kier molecular flexibility index (Phi) is 2.46. The second kappa shape index (κ2) is 3.61. The summed E-state index contributed by atoms with van der Waals surface area (Å²) < 4.78 is 13.3. The first kappa shape index (κ1) is 9.52. The number of halogens is 1. The Morgan fingerprint density at radius 1 is 1.50 bits per heavy atom. The van der Waals surface area contributed by atoms with Crippen LogP contribution in [0.2, 0.25) is 0 Å². The van der Waals surface area contributed by atoms with Crippen LogP contribution in [-0.4, -0.2) is 16.8 Å². The third-order valence-corrected chi connectivity index (χ3v) is 3.84. The van der Waals surface area contributed by atoms with Gasteiger partial charge in [-0.25, -0.2) is 4.39 Å². The molecule has 2 nitrogen and oxygen atoms in total. The standard InChI is InChI=1S/C10H9FO2S/c11-8-4-2-1-3-6(8)9-7(5-14-9)10(12)13/h1-4,7,9H,5H2,(H,12,13). The number of hydrogen-bond donors (Lipinski definition) is 1. The van der Waals surface area contributed by atoms with Crippen LogP contribution in [0.4, 0.5) is 4.39 Å². The molecule has 1 fully saturated rings. The molecule has 1 aromatic rings. The summed E-state index contributed by atoms with van der Waals surface area (Å²) in [6, 6.07) is 6.36. The van der Waals surface area contributed by atoms with Gasteiger partial charge in [0.25, 0.3) is 0 Å². The van der Waals surface area contributed by atoms with E-state index in [0.717, 1.165) is 0 Å². The third kappa shape index (κ3) is 1.50. The van der Waals surface area contributed by atoms with Gasteiger partial charge in [0.05, 0.1) is 5.92 Å². The number of benzene rings is 1. The first-order valence-corrected chi connectivity index (χ1v) is 5.34. The average Bonchev–Trinajstić information content (AvgIpc) is 2.05. The summed E-state index contributed by atoms with van der Waals surface area (Å²) in [5, 5.41) is 8.61. The Morgan fingerprint density at radius 3 is 2.71 bits per heavy atom. The Morgan fingerprint density at radius 2 is 2.21 bits per heavy atom. The monoisotopic (exact) mass is 212 g/mol.